The van der Waals surface area contributed by atoms with E-state index < -0.39 is 23.9 Å². The van der Waals surface area contributed by atoms with Crippen molar-refractivity contribution in [1.82, 2.24) is 5.32 Å². The largest absolute Gasteiger partial charge is 0.465 e. The van der Waals surface area contributed by atoms with E-state index in [0.29, 0.717) is 21.7 Å². The summed E-state index contributed by atoms with van der Waals surface area (Å²) < 4.78 is 9.98. The third kappa shape index (κ3) is 5.57. The van der Waals surface area contributed by atoms with Gasteiger partial charge in [0.1, 0.15) is 12.6 Å². The fourth-order valence-corrected chi connectivity index (χ4v) is 2.68. The molecule has 0 spiro atoms. The smallest absolute Gasteiger partial charge is 0.337 e. The predicted octanol–water partition coefficient (Wildman–Crippen LogP) is 3.62. The van der Waals surface area contributed by atoms with Crippen molar-refractivity contribution in [2.75, 3.05) is 7.11 Å². The van der Waals surface area contributed by atoms with E-state index in [9.17, 15) is 14.4 Å². The Morgan fingerprint density at radius 1 is 1.04 bits per heavy atom. The van der Waals surface area contributed by atoms with E-state index in [1.807, 2.05) is 13.8 Å². The first-order chi connectivity index (χ1) is 13.3. The maximum Gasteiger partial charge on any atom is 0.337 e. The van der Waals surface area contributed by atoms with Gasteiger partial charge in [-0.15, -0.1) is 0 Å². The second kappa shape index (κ2) is 9.90. The van der Waals surface area contributed by atoms with E-state index in [4.69, 9.17) is 16.3 Å². The van der Waals surface area contributed by atoms with Gasteiger partial charge in [-0.3, -0.25) is 4.79 Å². The number of amides is 1. The van der Waals surface area contributed by atoms with Gasteiger partial charge in [-0.2, -0.15) is 0 Å². The molecule has 6 nitrogen and oxygen atoms in total. The predicted molar refractivity (Wildman–Crippen MR) is 105 cm³/mol. The summed E-state index contributed by atoms with van der Waals surface area (Å²) in [5.74, 6) is -1.61. The van der Waals surface area contributed by atoms with Gasteiger partial charge < -0.3 is 14.8 Å². The van der Waals surface area contributed by atoms with Crippen LogP contribution in [-0.2, 0) is 20.9 Å². The van der Waals surface area contributed by atoms with Gasteiger partial charge in [0.15, 0.2) is 0 Å². The van der Waals surface area contributed by atoms with Crippen LogP contribution in [-0.4, -0.2) is 31.0 Å². The van der Waals surface area contributed by atoms with Crippen LogP contribution in [0.25, 0.3) is 0 Å². The van der Waals surface area contributed by atoms with Crippen LogP contribution in [0.2, 0.25) is 5.02 Å². The summed E-state index contributed by atoms with van der Waals surface area (Å²) in [6.07, 6.45) is 0. The number of rotatable bonds is 7. The van der Waals surface area contributed by atoms with Gasteiger partial charge in [0, 0.05) is 0 Å². The van der Waals surface area contributed by atoms with Crippen LogP contribution in [0, 0.1) is 5.92 Å². The number of benzene rings is 2. The van der Waals surface area contributed by atoms with E-state index in [1.54, 1.807) is 48.5 Å². The Kier molecular flexibility index (Phi) is 7.58. The maximum absolute atomic E-state index is 12.5. The lowest BCUT2D eigenvalue weighted by Crippen LogP contribution is -2.45. The highest BCUT2D eigenvalue weighted by Crippen LogP contribution is 2.16. The number of halogens is 1. The van der Waals surface area contributed by atoms with Crippen LogP contribution in [0.15, 0.2) is 48.5 Å². The summed E-state index contributed by atoms with van der Waals surface area (Å²) in [6, 6.07) is 12.3. The summed E-state index contributed by atoms with van der Waals surface area (Å²) in [6.45, 7) is 3.64. The molecular formula is C21H22ClNO5. The van der Waals surface area contributed by atoms with Crippen LogP contribution in [0.3, 0.4) is 0 Å². The lowest BCUT2D eigenvalue weighted by molar-refractivity contribution is -0.148. The molecule has 0 fully saturated rings. The topological polar surface area (TPSA) is 81.7 Å². The van der Waals surface area contributed by atoms with Crippen LogP contribution < -0.4 is 5.32 Å². The molecule has 2 aromatic rings. The molecule has 28 heavy (non-hydrogen) atoms. The summed E-state index contributed by atoms with van der Waals surface area (Å²) in [5, 5.41) is 2.99. The Bertz CT molecular complexity index is 848. The first kappa shape index (κ1) is 21.4. The van der Waals surface area contributed by atoms with Crippen molar-refractivity contribution < 1.29 is 23.9 Å². The lowest BCUT2D eigenvalue weighted by Gasteiger charge is -2.21. The fourth-order valence-electron chi connectivity index (χ4n) is 2.46. The van der Waals surface area contributed by atoms with Crippen molar-refractivity contribution in [3.05, 3.63) is 70.2 Å². The Morgan fingerprint density at radius 2 is 1.68 bits per heavy atom. The number of carbonyl (C=O) groups is 3. The van der Waals surface area contributed by atoms with Crippen LogP contribution in [0.5, 0.6) is 0 Å². The average molecular weight is 404 g/mol. The van der Waals surface area contributed by atoms with E-state index >= 15 is 0 Å². The van der Waals surface area contributed by atoms with Crippen molar-refractivity contribution in [3.8, 4) is 0 Å². The number of nitrogens with one attached hydrogen (secondary N) is 1. The van der Waals surface area contributed by atoms with Gasteiger partial charge >= 0.3 is 11.9 Å². The minimum atomic E-state index is -0.821. The highest BCUT2D eigenvalue weighted by Gasteiger charge is 2.26. The number of hydrogen-bond acceptors (Lipinski definition) is 5. The SMILES string of the molecule is COC(=O)c1ccc(COC(=O)[C@@H](NC(=O)c2ccccc2Cl)C(C)C)cc1. The van der Waals surface area contributed by atoms with Gasteiger partial charge in [-0.1, -0.05) is 49.7 Å². The first-order valence-corrected chi connectivity index (χ1v) is 9.10. The molecule has 0 radical (unpaired) electrons. The number of esters is 2. The summed E-state index contributed by atoms with van der Waals surface area (Å²) in [7, 11) is 1.31. The molecule has 0 bridgehead atoms. The molecule has 7 heteroatoms. The Hall–Kier alpha value is -2.86. The molecule has 1 amide bonds. The molecule has 0 saturated carbocycles. The van der Waals surface area contributed by atoms with Gasteiger partial charge in [0.25, 0.3) is 5.91 Å². The molecule has 2 aromatic carbocycles. The van der Waals surface area contributed by atoms with Crippen molar-refractivity contribution in [2.45, 2.75) is 26.5 Å². The highest BCUT2D eigenvalue weighted by atomic mass is 35.5. The standard InChI is InChI=1S/C21H22ClNO5/c1-13(2)18(23-19(24)16-6-4-5-7-17(16)22)21(26)28-12-14-8-10-15(11-9-14)20(25)27-3/h4-11,13,18H,12H2,1-3H3,(H,23,24)/t18-/m0/s1. The monoisotopic (exact) mass is 403 g/mol. The van der Waals surface area contributed by atoms with Gasteiger partial charge in [0.05, 0.1) is 23.3 Å². The molecule has 0 aliphatic carbocycles. The normalized spacial score (nSPS) is 11.6. The van der Waals surface area contributed by atoms with Crippen molar-refractivity contribution in [2.24, 2.45) is 5.92 Å². The number of ether oxygens (including phenoxy) is 2. The zero-order chi connectivity index (χ0) is 20.7. The lowest BCUT2D eigenvalue weighted by atomic mass is 10.0. The number of carbonyl (C=O) groups excluding carboxylic acids is 3. The molecule has 0 aliphatic rings. The molecule has 0 aliphatic heterocycles. The van der Waals surface area contributed by atoms with Gasteiger partial charge in [-0.25, -0.2) is 9.59 Å². The molecule has 148 valence electrons. The third-order valence-corrected chi connectivity index (χ3v) is 4.41. The molecule has 0 heterocycles. The molecule has 0 unspecified atom stereocenters. The first-order valence-electron chi connectivity index (χ1n) is 8.72. The zero-order valence-electron chi connectivity index (χ0n) is 15.9. The third-order valence-electron chi connectivity index (χ3n) is 4.08. The number of hydrogen-bond donors (Lipinski definition) is 1. The second-order valence-corrected chi connectivity index (χ2v) is 6.88. The van der Waals surface area contributed by atoms with Crippen molar-refractivity contribution in [3.63, 3.8) is 0 Å². The zero-order valence-corrected chi connectivity index (χ0v) is 16.7. The molecule has 1 N–H and O–H groups in total. The summed E-state index contributed by atoms with van der Waals surface area (Å²) in [4.78, 5) is 36.4. The fraction of sp³-hybridized carbons (Fsp3) is 0.286. The quantitative estimate of drug-likeness (QED) is 0.714. The summed E-state index contributed by atoms with van der Waals surface area (Å²) in [5.41, 5.74) is 1.41. The van der Waals surface area contributed by atoms with E-state index in [-0.39, 0.29) is 12.5 Å². The Balaban J connectivity index is 2.00. The van der Waals surface area contributed by atoms with Crippen LogP contribution in [0.1, 0.15) is 40.1 Å². The minimum Gasteiger partial charge on any atom is -0.465 e. The second-order valence-electron chi connectivity index (χ2n) is 6.47. The minimum absolute atomic E-state index is 0.0193. The Morgan fingerprint density at radius 3 is 2.25 bits per heavy atom. The average Bonchev–Trinajstić information content (AvgIpc) is 2.69. The van der Waals surface area contributed by atoms with E-state index in [2.05, 4.69) is 10.1 Å². The van der Waals surface area contributed by atoms with Gasteiger partial charge in [-0.05, 0) is 35.7 Å². The maximum atomic E-state index is 12.5. The van der Waals surface area contributed by atoms with Crippen LogP contribution >= 0.6 is 11.6 Å². The van der Waals surface area contributed by atoms with E-state index in [1.165, 1.54) is 7.11 Å². The van der Waals surface area contributed by atoms with E-state index in [0.717, 1.165) is 0 Å². The molecule has 1 atom stereocenters. The molecule has 2 rings (SSSR count). The molecule has 0 aromatic heterocycles. The van der Waals surface area contributed by atoms with Gasteiger partial charge in [0.2, 0.25) is 0 Å². The molecule has 0 saturated heterocycles. The van der Waals surface area contributed by atoms with Crippen LogP contribution in [0.4, 0.5) is 0 Å². The molecular weight excluding hydrogens is 382 g/mol. The number of methoxy groups -OCH3 is 1. The van der Waals surface area contributed by atoms with Crippen molar-refractivity contribution in [1.29, 1.82) is 0 Å². The summed E-state index contributed by atoms with van der Waals surface area (Å²) >= 11 is 6.04. The highest BCUT2D eigenvalue weighted by molar-refractivity contribution is 6.33. The Labute approximate surface area is 168 Å². The van der Waals surface area contributed by atoms with Crippen molar-refractivity contribution >= 4 is 29.4 Å².